The Morgan fingerprint density at radius 2 is 1.74 bits per heavy atom. The first-order valence-electron chi connectivity index (χ1n) is 5.76. The third kappa shape index (κ3) is 5.21. The van der Waals surface area contributed by atoms with Crippen LogP contribution in [0, 0.1) is 6.92 Å². The standard InChI is InChI=1S/C13H16O5S/c1-10-3-5-12(6-4-10)19(16,17)8-7-13(15)18-9-11(2)14/h3-6H,7-9H2,1-2H3. The average molecular weight is 284 g/mol. The summed E-state index contributed by atoms with van der Waals surface area (Å²) in [5.74, 6) is -1.30. The molecule has 104 valence electrons. The van der Waals surface area contributed by atoms with Gasteiger partial charge in [0.05, 0.1) is 17.1 Å². The van der Waals surface area contributed by atoms with Gasteiger partial charge < -0.3 is 4.74 Å². The molecule has 0 amide bonds. The second kappa shape index (κ2) is 6.47. The van der Waals surface area contributed by atoms with Gasteiger partial charge in [-0.15, -0.1) is 0 Å². The molecule has 1 rings (SSSR count). The first-order chi connectivity index (χ1) is 8.81. The van der Waals surface area contributed by atoms with Crippen LogP contribution in [-0.2, 0) is 24.2 Å². The highest BCUT2D eigenvalue weighted by atomic mass is 32.2. The largest absolute Gasteiger partial charge is 0.458 e. The maximum atomic E-state index is 11.9. The summed E-state index contributed by atoms with van der Waals surface area (Å²) in [6.07, 6.45) is -0.260. The van der Waals surface area contributed by atoms with Gasteiger partial charge in [0.15, 0.2) is 15.6 Å². The van der Waals surface area contributed by atoms with Crippen molar-refractivity contribution in [2.24, 2.45) is 0 Å². The Hall–Kier alpha value is -1.69. The number of benzene rings is 1. The van der Waals surface area contributed by atoms with Gasteiger partial charge in [-0.3, -0.25) is 9.59 Å². The molecule has 0 aliphatic heterocycles. The minimum absolute atomic E-state index is 0.178. The molecule has 0 aromatic heterocycles. The van der Waals surface area contributed by atoms with E-state index < -0.39 is 15.8 Å². The van der Waals surface area contributed by atoms with E-state index in [1.807, 2.05) is 6.92 Å². The van der Waals surface area contributed by atoms with Gasteiger partial charge in [0.1, 0.15) is 6.61 Å². The number of carbonyl (C=O) groups is 2. The molecule has 0 aliphatic carbocycles. The summed E-state index contributed by atoms with van der Waals surface area (Å²) in [5.41, 5.74) is 0.958. The number of ketones is 1. The first-order valence-corrected chi connectivity index (χ1v) is 7.41. The van der Waals surface area contributed by atoms with Crippen LogP contribution in [0.5, 0.6) is 0 Å². The highest BCUT2D eigenvalue weighted by molar-refractivity contribution is 7.91. The number of aryl methyl sites for hydroxylation is 1. The molecule has 0 radical (unpaired) electrons. The molecule has 0 spiro atoms. The Kier molecular flexibility index (Phi) is 5.23. The number of esters is 1. The highest BCUT2D eigenvalue weighted by Crippen LogP contribution is 2.13. The van der Waals surface area contributed by atoms with Crippen LogP contribution in [0.15, 0.2) is 29.2 Å². The molecule has 0 saturated carbocycles. The molecule has 0 unspecified atom stereocenters. The van der Waals surface area contributed by atoms with Crippen LogP contribution in [0.1, 0.15) is 18.9 Å². The van der Waals surface area contributed by atoms with Gasteiger partial charge in [0, 0.05) is 0 Å². The Labute approximate surface area is 112 Å². The molecule has 0 saturated heterocycles. The van der Waals surface area contributed by atoms with Crippen LogP contribution in [0.3, 0.4) is 0 Å². The zero-order valence-corrected chi connectivity index (χ0v) is 11.7. The lowest BCUT2D eigenvalue weighted by Gasteiger charge is -2.05. The van der Waals surface area contributed by atoms with Crippen LogP contribution in [-0.4, -0.2) is 32.5 Å². The molecule has 1 aromatic rings. The highest BCUT2D eigenvalue weighted by Gasteiger charge is 2.17. The second-order valence-corrected chi connectivity index (χ2v) is 6.35. The van der Waals surface area contributed by atoms with Gasteiger partial charge in [-0.05, 0) is 26.0 Å². The maximum Gasteiger partial charge on any atom is 0.307 e. The normalized spacial score (nSPS) is 11.1. The van der Waals surface area contributed by atoms with Crippen LogP contribution in [0.2, 0.25) is 0 Å². The minimum Gasteiger partial charge on any atom is -0.458 e. The van der Waals surface area contributed by atoms with Crippen molar-refractivity contribution in [3.63, 3.8) is 0 Å². The number of sulfone groups is 1. The Morgan fingerprint density at radius 3 is 2.26 bits per heavy atom. The number of rotatable bonds is 6. The lowest BCUT2D eigenvalue weighted by molar-refractivity contribution is -0.147. The number of hydrogen-bond acceptors (Lipinski definition) is 5. The van der Waals surface area contributed by atoms with Crippen LogP contribution < -0.4 is 0 Å². The maximum absolute atomic E-state index is 11.9. The van der Waals surface area contributed by atoms with Crippen LogP contribution >= 0.6 is 0 Å². The van der Waals surface area contributed by atoms with Crippen molar-refractivity contribution < 1.29 is 22.7 Å². The topological polar surface area (TPSA) is 77.5 Å². The molecular weight excluding hydrogens is 268 g/mol. The Morgan fingerprint density at radius 1 is 1.16 bits per heavy atom. The summed E-state index contributed by atoms with van der Waals surface area (Å²) in [4.78, 5) is 22.0. The lowest BCUT2D eigenvalue weighted by atomic mass is 10.2. The van der Waals surface area contributed by atoms with Crippen molar-refractivity contribution in [3.05, 3.63) is 29.8 Å². The fourth-order valence-corrected chi connectivity index (χ4v) is 2.56. The molecule has 0 N–H and O–H groups in total. The minimum atomic E-state index is -3.50. The first kappa shape index (κ1) is 15.4. The number of Topliss-reactive ketones (excluding diaryl/α,β-unsaturated/α-hetero) is 1. The summed E-state index contributed by atoms with van der Waals surface area (Å²) in [6, 6.07) is 6.40. The van der Waals surface area contributed by atoms with Crippen molar-refractivity contribution in [2.45, 2.75) is 25.2 Å². The third-order valence-corrected chi connectivity index (χ3v) is 4.12. The molecule has 1 aromatic carbocycles. The van der Waals surface area contributed by atoms with Gasteiger partial charge in [0.25, 0.3) is 0 Å². The van der Waals surface area contributed by atoms with Crippen LogP contribution in [0.25, 0.3) is 0 Å². The van der Waals surface area contributed by atoms with E-state index in [-0.39, 0.29) is 29.5 Å². The van der Waals surface area contributed by atoms with E-state index >= 15 is 0 Å². The zero-order valence-electron chi connectivity index (χ0n) is 10.9. The van der Waals surface area contributed by atoms with Crippen molar-refractivity contribution >= 4 is 21.6 Å². The summed E-state index contributed by atoms with van der Waals surface area (Å²) < 4.78 is 28.4. The van der Waals surface area contributed by atoms with E-state index in [9.17, 15) is 18.0 Å². The van der Waals surface area contributed by atoms with Crippen molar-refractivity contribution in [2.75, 3.05) is 12.4 Å². The zero-order chi connectivity index (χ0) is 14.5. The molecular formula is C13H16O5S. The quantitative estimate of drug-likeness (QED) is 0.736. The summed E-state index contributed by atoms with van der Waals surface area (Å²) >= 11 is 0. The molecule has 19 heavy (non-hydrogen) atoms. The Balaban J connectivity index is 2.58. The number of carbonyl (C=O) groups excluding carboxylic acids is 2. The predicted octanol–water partition coefficient (Wildman–Crippen LogP) is 1.29. The van der Waals surface area contributed by atoms with Gasteiger partial charge in [-0.1, -0.05) is 17.7 Å². The van der Waals surface area contributed by atoms with Gasteiger partial charge >= 0.3 is 5.97 Å². The van der Waals surface area contributed by atoms with Crippen molar-refractivity contribution in [3.8, 4) is 0 Å². The van der Waals surface area contributed by atoms with Gasteiger partial charge in [0.2, 0.25) is 0 Å². The van der Waals surface area contributed by atoms with E-state index in [0.717, 1.165) is 5.56 Å². The van der Waals surface area contributed by atoms with E-state index in [4.69, 9.17) is 0 Å². The lowest BCUT2D eigenvalue weighted by Crippen LogP contribution is -2.16. The summed E-state index contributed by atoms with van der Waals surface area (Å²) in [7, 11) is -3.50. The van der Waals surface area contributed by atoms with Gasteiger partial charge in [-0.25, -0.2) is 8.42 Å². The number of ether oxygens (including phenoxy) is 1. The molecule has 6 heteroatoms. The monoisotopic (exact) mass is 284 g/mol. The van der Waals surface area contributed by atoms with E-state index in [1.165, 1.54) is 19.1 Å². The predicted molar refractivity (Wildman–Crippen MR) is 69.5 cm³/mol. The molecule has 0 atom stereocenters. The fraction of sp³-hybridized carbons (Fsp3) is 0.385. The molecule has 0 bridgehead atoms. The number of hydrogen-bond donors (Lipinski definition) is 0. The SMILES string of the molecule is CC(=O)COC(=O)CCS(=O)(=O)c1ccc(C)cc1. The van der Waals surface area contributed by atoms with Crippen molar-refractivity contribution in [1.29, 1.82) is 0 Å². The molecule has 0 heterocycles. The third-order valence-electron chi connectivity index (χ3n) is 2.39. The summed E-state index contributed by atoms with van der Waals surface area (Å²) in [5, 5.41) is 0. The molecule has 0 fully saturated rings. The fourth-order valence-electron chi connectivity index (χ4n) is 1.34. The molecule has 0 aliphatic rings. The average Bonchev–Trinajstić information content (AvgIpc) is 2.34. The summed E-state index contributed by atoms with van der Waals surface area (Å²) in [6.45, 7) is 2.83. The van der Waals surface area contributed by atoms with Crippen molar-refractivity contribution in [1.82, 2.24) is 0 Å². The van der Waals surface area contributed by atoms with Gasteiger partial charge in [-0.2, -0.15) is 0 Å². The smallest absolute Gasteiger partial charge is 0.307 e. The Bertz CT molecular complexity index is 557. The molecule has 5 nitrogen and oxygen atoms in total. The van der Waals surface area contributed by atoms with Crippen LogP contribution in [0.4, 0.5) is 0 Å². The van der Waals surface area contributed by atoms with E-state index in [0.29, 0.717) is 0 Å². The second-order valence-electron chi connectivity index (χ2n) is 4.24. The van der Waals surface area contributed by atoms with E-state index in [2.05, 4.69) is 4.74 Å². The van der Waals surface area contributed by atoms with E-state index in [1.54, 1.807) is 12.1 Å².